The molecule has 0 heterocycles. The molecule has 0 atom stereocenters. The first-order valence-electron chi connectivity index (χ1n) is 8.20. The van der Waals surface area contributed by atoms with Gasteiger partial charge in [-0.25, -0.2) is 4.79 Å². The molecule has 28 heavy (non-hydrogen) atoms. The van der Waals surface area contributed by atoms with Crippen LogP contribution >= 0.6 is 11.8 Å². The van der Waals surface area contributed by atoms with Crippen LogP contribution in [0.25, 0.3) is 0 Å². The molecular weight excluding hydrogens is 382 g/mol. The van der Waals surface area contributed by atoms with Crippen molar-refractivity contribution < 1.29 is 23.9 Å². The number of amides is 3. The van der Waals surface area contributed by atoms with Gasteiger partial charge < -0.3 is 21.1 Å². The third-order valence-corrected chi connectivity index (χ3v) is 4.40. The summed E-state index contributed by atoms with van der Waals surface area (Å²) in [6.07, 6.45) is 0. The quantitative estimate of drug-likeness (QED) is 0.459. The van der Waals surface area contributed by atoms with E-state index >= 15 is 0 Å². The van der Waals surface area contributed by atoms with Crippen molar-refractivity contribution in [2.24, 2.45) is 5.73 Å². The first-order valence-corrected chi connectivity index (χ1v) is 9.18. The van der Waals surface area contributed by atoms with Gasteiger partial charge in [0, 0.05) is 23.2 Å². The Morgan fingerprint density at radius 1 is 0.964 bits per heavy atom. The van der Waals surface area contributed by atoms with Crippen molar-refractivity contribution >= 4 is 46.8 Å². The molecule has 0 radical (unpaired) electrons. The number of anilines is 2. The molecule has 0 saturated carbocycles. The van der Waals surface area contributed by atoms with Crippen LogP contribution < -0.4 is 16.4 Å². The van der Waals surface area contributed by atoms with E-state index in [4.69, 9.17) is 10.5 Å². The van der Waals surface area contributed by atoms with Gasteiger partial charge in [-0.1, -0.05) is 12.1 Å². The van der Waals surface area contributed by atoms with Crippen LogP contribution in [-0.4, -0.2) is 36.1 Å². The Labute approximate surface area is 165 Å². The normalized spacial score (nSPS) is 10.0. The van der Waals surface area contributed by atoms with Crippen LogP contribution in [0.5, 0.6) is 0 Å². The molecule has 0 unspecified atom stereocenters. The Morgan fingerprint density at radius 2 is 1.57 bits per heavy atom. The molecule has 0 aliphatic heterocycles. The molecule has 0 aliphatic rings. The van der Waals surface area contributed by atoms with Crippen LogP contribution in [0.1, 0.15) is 17.3 Å². The van der Waals surface area contributed by atoms with Crippen molar-refractivity contribution in [2.45, 2.75) is 11.8 Å². The molecule has 3 amide bonds. The second-order valence-electron chi connectivity index (χ2n) is 5.63. The van der Waals surface area contributed by atoms with E-state index in [0.29, 0.717) is 16.3 Å². The number of nitrogens with one attached hydrogen (secondary N) is 2. The van der Waals surface area contributed by atoms with Crippen LogP contribution in [0.3, 0.4) is 0 Å². The van der Waals surface area contributed by atoms with E-state index in [-0.39, 0.29) is 17.2 Å². The summed E-state index contributed by atoms with van der Waals surface area (Å²) in [6.45, 7) is 0.926. The Morgan fingerprint density at radius 3 is 2.18 bits per heavy atom. The molecule has 8 nitrogen and oxygen atoms in total. The van der Waals surface area contributed by atoms with Crippen molar-refractivity contribution in [3.63, 3.8) is 0 Å². The van der Waals surface area contributed by atoms with Gasteiger partial charge in [-0.2, -0.15) is 0 Å². The number of nitrogens with two attached hydrogens (primary N) is 1. The van der Waals surface area contributed by atoms with E-state index in [1.165, 1.54) is 6.92 Å². The molecule has 146 valence electrons. The molecule has 2 aromatic rings. The molecule has 0 aliphatic carbocycles. The summed E-state index contributed by atoms with van der Waals surface area (Å²) < 4.78 is 5.05. The molecule has 0 saturated heterocycles. The first-order chi connectivity index (χ1) is 13.3. The maximum atomic E-state index is 12.2. The number of esters is 1. The molecule has 9 heteroatoms. The molecule has 0 bridgehead atoms. The Balaban J connectivity index is 1.89. The second kappa shape index (κ2) is 10.1. The van der Waals surface area contributed by atoms with Crippen LogP contribution in [0, 0.1) is 0 Å². The molecule has 0 spiro atoms. The molecule has 0 fully saturated rings. The highest BCUT2D eigenvalue weighted by Crippen LogP contribution is 2.23. The topological polar surface area (TPSA) is 128 Å². The third-order valence-electron chi connectivity index (χ3n) is 3.30. The smallest absolute Gasteiger partial charge is 0.339 e. The van der Waals surface area contributed by atoms with Gasteiger partial charge in [0.25, 0.3) is 5.91 Å². The maximum Gasteiger partial charge on any atom is 0.339 e. The molecule has 4 N–H and O–H groups in total. The number of ether oxygens (including phenoxy) is 1. The van der Waals surface area contributed by atoms with Gasteiger partial charge in [-0.15, -0.1) is 11.8 Å². The van der Waals surface area contributed by atoms with Gasteiger partial charge in [0.05, 0.1) is 11.3 Å². The molecule has 2 aromatic carbocycles. The number of hydrogen-bond acceptors (Lipinski definition) is 6. The van der Waals surface area contributed by atoms with Crippen molar-refractivity contribution in [3.8, 4) is 0 Å². The summed E-state index contributed by atoms with van der Waals surface area (Å²) >= 11 is 1.12. The van der Waals surface area contributed by atoms with Crippen molar-refractivity contribution in [1.29, 1.82) is 0 Å². The lowest BCUT2D eigenvalue weighted by molar-refractivity contribution is -0.119. The monoisotopic (exact) mass is 401 g/mol. The molecular formula is C19H19N3O5S. The van der Waals surface area contributed by atoms with E-state index in [9.17, 15) is 19.2 Å². The van der Waals surface area contributed by atoms with E-state index in [1.807, 2.05) is 0 Å². The van der Waals surface area contributed by atoms with Crippen LogP contribution in [0.2, 0.25) is 0 Å². The second-order valence-corrected chi connectivity index (χ2v) is 6.65. The van der Waals surface area contributed by atoms with Crippen molar-refractivity contribution in [2.75, 3.05) is 23.0 Å². The van der Waals surface area contributed by atoms with Crippen molar-refractivity contribution in [3.05, 3.63) is 54.1 Å². The van der Waals surface area contributed by atoms with E-state index in [2.05, 4.69) is 10.6 Å². The van der Waals surface area contributed by atoms with Crippen LogP contribution in [0.15, 0.2) is 53.4 Å². The third kappa shape index (κ3) is 6.76. The van der Waals surface area contributed by atoms with Gasteiger partial charge in [-0.3, -0.25) is 14.4 Å². The number of thioether (sulfide) groups is 1. The lowest BCUT2D eigenvalue weighted by atomic mass is 10.2. The summed E-state index contributed by atoms with van der Waals surface area (Å²) in [5.74, 6) is -1.86. The zero-order chi connectivity index (χ0) is 20.5. The van der Waals surface area contributed by atoms with Gasteiger partial charge in [0.15, 0.2) is 6.61 Å². The molecule has 2 rings (SSSR count). The van der Waals surface area contributed by atoms with Crippen molar-refractivity contribution in [1.82, 2.24) is 0 Å². The minimum atomic E-state index is -0.677. The van der Waals surface area contributed by atoms with Gasteiger partial charge in [0.1, 0.15) is 0 Å². The average molecular weight is 401 g/mol. The standard InChI is InChI=1S/C19H19N3O5S/c1-12(23)21-13-6-8-14(9-7-13)22-18(25)10-27-19(26)15-4-2-3-5-16(15)28-11-17(20)24/h2-9H,10-11H2,1H3,(H2,20,24)(H,21,23)(H,22,25). The predicted octanol–water partition coefficient (Wildman–Crippen LogP) is 2.02. The Bertz CT molecular complexity index is 883. The fraction of sp³-hybridized carbons (Fsp3) is 0.158. The highest BCUT2D eigenvalue weighted by molar-refractivity contribution is 8.00. The first kappa shape index (κ1) is 21.0. The number of carbonyl (C=O) groups excluding carboxylic acids is 4. The van der Waals surface area contributed by atoms with Gasteiger partial charge in [0.2, 0.25) is 11.8 Å². The fourth-order valence-corrected chi connectivity index (χ4v) is 2.94. The highest BCUT2D eigenvalue weighted by Gasteiger charge is 2.15. The number of rotatable bonds is 8. The maximum absolute atomic E-state index is 12.2. The van der Waals surface area contributed by atoms with Crippen LogP contribution in [-0.2, 0) is 19.1 Å². The van der Waals surface area contributed by atoms with Gasteiger partial charge in [-0.05, 0) is 36.4 Å². The largest absolute Gasteiger partial charge is 0.452 e. The van der Waals surface area contributed by atoms with E-state index < -0.39 is 24.4 Å². The summed E-state index contributed by atoms with van der Waals surface area (Å²) in [5, 5.41) is 5.20. The highest BCUT2D eigenvalue weighted by atomic mass is 32.2. The average Bonchev–Trinajstić information content (AvgIpc) is 2.66. The Hall–Kier alpha value is -3.33. The minimum absolute atomic E-state index is 0.0270. The minimum Gasteiger partial charge on any atom is -0.452 e. The number of carbonyl (C=O) groups is 4. The summed E-state index contributed by atoms with van der Waals surface area (Å²) in [7, 11) is 0. The fourth-order valence-electron chi connectivity index (χ4n) is 2.16. The van der Waals surface area contributed by atoms with E-state index in [0.717, 1.165) is 11.8 Å². The Kier molecular flexibility index (Phi) is 7.58. The zero-order valence-corrected chi connectivity index (χ0v) is 15.9. The number of primary amides is 1. The van der Waals surface area contributed by atoms with Crippen LogP contribution in [0.4, 0.5) is 11.4 Å². The SMILES string of the molecule is CC(=O)Nc1ccc(NC(=O)COC(=O)c2ccccc2SCC(N)=O)cc1. The molecule has 0 aromatic heterocycles. The lowest BCUT2D eigenvalue weighted by Crippen LogP contribution is -2.21. The van der Waals surface area contributed by atoms with Gasteiger partial charge >= 0.3 is 5.97 Å². The summed E-state index contributed by atoms with van der Waals surface area (Å²) in [5.41, 5.74) is 6.46. The lowest BCUT2D eigenvalue weighted by Gasteiger charge is -2.10. The summed E-state index contributed by atoms with van der Waals surface area (Å²) in [6, 6.07) is 13.1. The number of hydrogen-bond donors (Lipinski definition) is 3. The summed E-state index contributed by atoms with van der Waals surface area (Å²) in [4.78, 5) is 46.7. The number of benzene rings is 2. The predicted molar refractivity (Wildman–Crippen MR) is 106 cm³/mol. The van der Waals surface area contributed by atoms with E-state index in [1.54, 1.807) is 48.5 Å². The zero-order valence-electron chi connectivity index (χ0n) is 15.1.